The summed E-state index contributed by atoms with van der Waals surface area (Å²) >= 11 is 0. The average molecular weight is 249 g/mol. The van der Waals surface area contributed by atoms with E-state index in [1.165, 1.54) is 0 Å². The number of phenolic OH excluding ortho intramolecular Hbond substituents is 1. The van der Waals surface area contributed by atoms with Crippen molar-refractivity contribution in [3.8, 4) is 5.75 Å². The van der Waals surface area contributed by atoms with E-state index in [0.29, 0.717) is 0 Å². The van der Waals surface area contributed by atoms with Crippen molar-refractivity contribution in [3.05, 3.63) is 72.0 Å². The van der Waals surface area contributed by atoms with Crippen molar-refractivity contribution in [3.63, 3.8) is 0 Å². The summed E-state index contributed by atoms with van der Waals surface area (Å²) in [6, 6.07) is 18.9. The third-order valence-electron chi connectivity index (χ3n) is 2.91. The smallest absolute Gasteiger partial charge is 0.360 e. The van der Waals surface area contributed by atoms with Crippen molar-refractivity contribution in [1.29, 1.82) is 0 Å². The summed E-state index contributed by atoms with van der Waals surface area (Å²) in [4.78, 5) is 0. The Morgan fingerprint density at radius 2 is 1.58 bits per heavy atom. The zero-order chi connectivity index (χ0) is 13.1. The van der Waals surface area contributed by atoms with Gasteiger partial charge in [0.2, 0.25) is 0 Å². The van der Waals surface area contributed by atoms with E-state index in [1.807, 2.05) is 60.7 Å². The van der Waals surface area contributed by atoms with Gasteiger partial charge in [0.25, 0.3) is 0 Å². The van der Waals surface area contributed by atoms with Gasteiger partial charge in [-0.25, -0.2) is 4.42 Å². The van der Waals surface area contributed by atoms with Gasteiger partial charge >= 0.3 is 11.3 Å². The Morgan fingerprint density at radius 3 is 2.42 bits per heavy atom. The molecule has 0 saturated heterocycles. The quantitative estimate of drug-likeness (QED) is 0.673. The number of benzene rings is 2. The fraction of sp³-hybridized carbons (Fsp3) is 0. The van der Waals surface area contributed by atoms with Crippen LogP contribution in [0.1, 0.15) is 11.3 Å². The molecular formula is C17H13O2+. The first kappa shape index (κ1) is 11.5. The summed E-state index contributed by atoms with van der Waals surface area (Å²) in [7, 11) is 0. The number of phenols is 1. The molecule has 3 aromatic rings. The van der Waals surface area contributed by atoms with Gasteiger partial charge in [-0.1, -0.05) is 24.3 Å². The SMILES string of the molecule is Oc1ccc(/C=C/c2ccc3ccccc3[o+]2)cc1. The second-order valence-corrected chi connectivity index (χ2v) is 4.30. The number of aromatic hydroxyl groups is 1. The fourth-order valence-corrected chi connectivity index (χ4v) is 1.90. The lowest BCUT2D eigenvalue weighted by Crippen LogP contribution is -1.75. The van der Waals surface area contributed by atoms with Crippen molar-refractivity contribution in [2.24, 2.45) is 0 Å². The molecule has 1 aromatic heterocycles. The molecule has 19 heavy (non-hydrogen) atoms. The molecule has 1 heterocycles. The number of para-hydroxylation sites is 1. The van der Waals surface area contributed by atoms with Crippen molar-refractivity contribution >= 4 is 23.1 Å². The minimum absolute atomic E-state index is 0.271. The molecule has 0 saturated carbocycles. The minimum Gasteiger partial charge on any atom is -0.508 e. The van der Waals surface area contributed by atoms with Crippen LogP contribution in [-0.4, -0.2) is 5.11 Å². The molecule has 2 heteroatoms. The number of rotatable bonds is 2. The van der Waals surface area contributed by atoms with Crippen molar-refractivity contribution < 1.29 is 9.52 Å². The van der Waals surface area contributed by atoms with Gasteiger partial charge in [0.1, 0.15) is 5.75 Å². The second-order valence-electron chi connectivity index (χ2n) is 4.30. The van der Waals surface area contributed by atoms with Gasteiger partial charge in [-0.2, -0.15) is 0 Å². The highest BCUT2D eigenvalue weighted by Crippen LogP contribution is 2.18. The first-order chi connectivity index (χ1) is 9.31. The normalized spacial score (nSPS) is 11.2. The van der Waals surface area contributed by atoms with Crippen LogP contribution in [0.2, 0.25) is 0 Å². The van der Waals surface area contributed by atoms with E-state index in [-0.39, 0.29) is 5.75 Å². The Bertz CT molecular complexity index is 728. The van der Waals surface area contributed by atoms with Gasteiger partial charge in [0.05, 0.1) is 5.39 Å². The molecule has 0 atom stereocenters. The van der Waals surface area contributed by atoms with E-state index >= 15 is 0 Å². The molecule has 0 amide bonds. The summed E-state index contributed by atoms with van der Waals surface area (Å²) in [5, 5.41) is 10.3. The van der Waals surface area contributed by atoms with Crippen LogP contribution >= 0.6 is 0 Å². The van der Waals surface area contributed by atoms with Gasteiger partial charge in [-0.15, -0.1) is 0 Å². The molecule has 0 spiro atoms. The molecular weight excluding hydrogens is 236 g/mol. The number of hydrogen-bond donors (Lipinski definition) is 1. The molecule has 0 radical (unpaired) electrons. The van der Waals surface area contributed by atoms with Crippen LogP contribution in [0.15, 0.2) is 65.1 Å². The Balaban J connectivity index is 1.90. The minimum atomic E-state index is 0.271. The van der Waals surface area contributed by atoms with E-state index in [2.05, 4.69) is 0 Å². The van der Waals surface area contributed by atoms with Crippen LogP contribution in [-0.2, 0) is 0 Å². The standard InChI is InChI=1S/C17H12O2/c18-15-9-5-13(6-10-15)7-11-16-12-8-14-3-1-2-4-17(14)19-16/h1-12H/p+1/b11-7+. The predicted octanol–water partition coefficient (Wildman–Crippen LogP) is 4.59. The van der Waals surface area contributed by atoms with Crippen LogP contribution in [0.25, 0.3) is 23.1 Å². The Morgan fingerprint density at radius 1 is 0.789 bits per heavy atom. The number of fused-ring (bicyclic) bond motifs is 1. The van der Waals surface area contributed by atoms with E-state index in [4.69, 9.17) is 4.42 Å². The summed E-state index contributed by atoms with van der Waals surface area (Å²) < 4.78 is 5.77. The van der Waals surface area contributed by atoms with Gasteiger partial charge in [-0.05, 0) is 35.9 Å². The highest BCUT2D eigenvalue weighted by molar-refractivity contribution is 5.78. The van der Waals surface area contributed by atoms with Crippen molar-refractivity contribution in [1.82, 2.24) is 0 Å². The van der Waals surface area contributed by atoms with Gasteiger partial charge in [-0.3, -0.25) is 0 Å². The monoisotopic (exact) mass is 249 g/mol. The van der Waals surface area contributed by atoms with Gasteiger partial charge in [0.15, 0.2) is 0 Å². The molecule has 0 aliphatic heterocycles. The molecule has 0 bridgehead atoms. The Hall–Kier alpha value is -2.61. The maximum absolute atomic E-state index is 9.22. The van der Waals surface area contributed by atoms with Gasteiger partial charge < -0.3 is 5.11 Å². The molecule has 3 rings (SSSR count). The molecule has 2 aromatic carbocycles. The fourth-order valence-electron chi connectivity index (χ4n) is 1.90. The summed E-state index contributed by atoms with van der Waals surface area (Å²) in [5.74, 6) is 1.07. The first-order valence-corrected chi connectivity index (χ1v) is 6.10. The van der Waals surface area contributed by atoms with Crippen molar-refractivity contribution in [2.45, 2.75) is 0 Å². The molecule has 0 fully saturated rings. The maximum Gasteiger partial charge on any atom is 0.360 e. The van der Waals surface area contributed by atoms with Crippen molar-refractivity contribution in [2.75, 3.05) is 0 Å². The Kier molecular flexibility index (Phi) is 2.99. The second kappa shape index (κ2) is 4.94. The van der Waals surface area contributed by atoms with E-state index in [9.17, 15) is 5.11 Å². The first-order valence-electron chi connectivity index (χ1n) is 6.10. The topological polar surface area (TPSA) is 31.5 Å². The largest absolute Gasteiger partial charge is 0.508 e. The zero-order valence-electron chi connectivity index (χ0n) is 10.3. The molecule has 0 unspecified atom stereocenters. The highest BCUT2D eigenvalue weighted by atomic mass is 16.3. The third kappa shape index (κ3) is 2.63. The van der Waals surface area contributed by atoms with Crippen LogP contribution in [0.4, 0.5) is 0 Å². The molecule has 92 valence electrons. The van der Waals surface area contributed by atoms with Crippen LogP contribution < -0.4 is 0 Å². The molecule has 2 nitrogen and oxygen atoms in total. The predicted molar refractivity (Wildman–Crippen MR) is 77.7 cm³/mol. The lowest BCUT2D eigenvalue weighted by molar-refractivity contribution is 0.475. The average Bonchev–Trinajstić information content (AvgIpc) is 2.46. The summed E-state index contributed by atoms with van der Waals surface area (Å²) in [6.45, 7) is 0. The Labute approximate surface area is 111 Å². The van der Waals surface area contributed by atoms with Crippen LogP contribution in [0.5, 0.6) is 5.75 Å². The zero-order valence-corrected chi connectivity index (χ0v) is 10.3. The maximum atomic E-state index is 9.22. The van der Waals surface area contributed by atoms with E-state index in [1.54, 1.807) is 12.1 Å². The highest BCUT2D eigenvalue weighted by Gasteiger charge is 2.07. The lowest BCUT2D eigenvalue weighted by atomic mass is 10.2. The molecule has 0 aliphatic carbocycles. The molecule has 1 N–H and O–H groups in total. The van der Waals surface area contributed by atoms with Crippen LogP contribution in [0, 0.1) is 0 Å². The van der Waals surface area contributed by atoms with E-state index < -0.39 is 0 Å². The lowest BCUT2D eigenvalue weighted by Gasteiger charge is -1.92. The van der Waals surface area contributed by atoms with Gasteiger partial charge in [0, 0.05) is 18.2 Å². The third-order valence-corrected chi connectivity index (χ3v) is 2.91. The summed E-state index contributed by atoms with van der Waals surface area (Å²) in [6.07, 6.45) is 3.87. The summed E-state index contributed by atoms with van der Waals surface area (Å²) in [5.41, 5.74) is 1.89. The number of hydrogen-bond acceptors (Lipinski definition) is 1. The molecule has 0 aliphatic rings. The van der Waals surface area contributed by atoms with Crippen LogP contribution in [0.3, 0.4) is 0 Å². The van der Waals surface area contributed by atoms with E-state index in [0.717, 1.165) is 22.3 Å².